The second-order valence-corrected chi connectivity index (χ2v) is 2.30. The van der Waals surface area contributed by atoms with E-state index in [2.05, 4.69) is 15.9 Å². The molecule has 0 fully saturated rings. The Morgan fingerprint density at radius 3 is 1.43 bits per heavy atom. The van der Waals surface area contributed by atoms with Gasteiger partial charge in [0.2, 0.25) is 0 Å². The van der Waals surface area contributed by atoms with Gasteiger partial charge in [0.15, 0.2) is 11.7 Å². The van der Waals surface area contributed by atoms with Crippen molar-refractivity contribution in [2.75, 3.05) is 0 Å². The second kappa shape index (κ2) is 1.05. The van der Waals surface area contributed by atoms with Crippen molar-refractivity contribution in [3.05, 3.63) is 11.7 Å². The van der Waals surface area contributed by atoms with Crippen LogP contribution in [-0.4, -0.2) is 4.58 Å². The fourth-order valence-corrected chi connectivity index (χ4v) is 0.433. The van der Waals surface area contributed by atoms with Crippen molar-refractivity contribution in [2.45, 2.75) is 4.58 Å². The van der Waals surface area contributed by atoms with Crippen LogP contribution in [0.5, 0.6) is 0 Å². The quantitative estimate of drug-likeness (QED) is 0.492. The smallest absolute Gasteiger partial charge is 0.215 e. The average molecular weight is 173 g/mol. The van der Waals surface area contributed by atoms with E-state index in [1.165, 1.54) is 0 Å². The first-order chi connectivity index (χ1) is 3.07. The summed E-state index contributed by atoms with van der Waals surface area (Å²) in [6.07, 6.45) is 0. The third-order valence-corrected chi connectivity index (χ3v) is 1.38. The summed E-state index contributed by atoms with van der Waals surface area (Å²) < 4.78 is 31.9. The molecule has 0 amide bonds. The Morgan fingerprint density at radius 1 is 1.29 bits per heavy atom. The van der Waals surface area contributed by atoms with Crippen LogP contribution in [0.2, 0.25) is 0 Å². The predicted molar refractivity (Wildman–Crippen MR) is 22.0 cm³/mol. The maximum Gasteiger partial charge on any atom is 0.272 e. The van der Waals surface area contributed by atoms with Gasteiger partial charge in [-0.2, -0.15) is 0 Å². The lowest BCUT2D eigenvalue weighted by molar-refractivity contribution is 0.393. The van der Waals surface area contributed by atoms with Crippen LogP contribution in [0.4, 0.5) is 13.2 Å². The van der Waals surface area contributed by atoms with Gasteiger partial charge in [0.25, 0.3) is 4.58 Å². The van der Waals surface area contributed by atoms with Crippen LogP contribution in [0, 0.1) is 0 Å². The molecule has 0 N–H and O–H groups in total. The average Bonchev–Trinajstić information content (AvgIpc) is 1.91. The topological polar surface area (TPSA) is 0 Å². The summed E-state index contributed by atoms with van der Waals surface area (Å²) in [5.74, 6) is -2.68. The standard InChI is InChI=1S/C3BrF3/c4-3(7)1(5)2(3)6. The molecule has 7 heavy (non-hydrogen) atoms. The van der Waals surface area contributed by atoms with E-state index in [0.717, 1.165) is 0 Å². The minimum absolute atomic E-state index is 1.34. The number of allylic oxidation sites excluding steroid dienone is 2. The Morgan fingerprint density at radius 2 is 1.43 bits per heavy atom. The molecule has 4 heteroatoms. The summed E-state index contributed by atoms with van der Waals surface area (Å²) in [7, 11) is 0. The molecule has 0 nitrogen and oxygen atoms in total. The van der Waals surface area contributed by atoms with Crippen molar-refractivity contribution in [1.29, 1.82) is 0 Å². The molecule has 0 aliphatic heterocycles. The van der Waals surface area contributed by atoms with E-state index >= 15 is 0 Å². The highest BCUT2D eigenvalue weighted by Crippen LogP contribution is 2.54. The minimum atomic E-state index is -2.52. The Labute approximate surface area is 46.1 Å². The van der Waals surface area contributed by atoms with Gasteiger partial charge in [-0.05, 0) is 15.9 Å². The SMILES string of the molecule is FC1=C(F)C1(F)Br. The summed E-state index contributed by atoms with van der Waals surface area (Å²) in [6.45, 7) is 0. The van der Waals surface area contributed by atoms with Gasteiger partial charge in [-0.25, -0.2) is 13.2 Å². The van der Waals surface area contributed by atoms with Crippen LogP contribution < -0.4 is 0 Å². The van der Waals surface area contributed by atoms with E-state index in [1.54, 1.807) is 0 Å². The maximum absolute atomic E-state index is 11.7. The molecule has 0 radical (unpaired) electrons. The fraction of sp³-hybridized carbons (Fsp3) is 0.333. The zero-order valence-electron chi connectivity index (χ0n) is 3.01. The highest BCUT2D eigenvalue weighted by molar-refractivity contribution is 9.10. The fourth-order valence-electron chi connectivity index (χ4n) is 0.184. The number of halogens is 4. The van der Waals surface area contributed by atoms with Crippen LogP contribution in [-0.2, 0) is 0 Å². The van der Waals surface area contributed by atoms with E-state index in [4.69, 9.17) is 0 Å². The normalized spacial score (nSPS) is 25.7. The first-order valence-corrected chi connectivity index (χ1v) is 2.30. The van der Waals surface area contributed by atoms with Gasteiger partial charge < -0.3 is 0 Å². The van der Waals surface area contributed by atoms with Crippen molar-refractivity contribution >= 4 is 15.9 Å². The zero-order valence-corrected chi connectivity index (χ0v) is 4.60. The second-order valence-electron chi connectivity index (χ2n) is 1.20. The molecule has 0 atom stereocenters. The molecule has 0 saturated carbocycles. The lowest BCUT2D eigenvalue weighted by atomic mass is 10.8. The number of hydrogen-bond donors (Lipinski definition) is 0. The van der Waals surface area contributed by atoms with E-state index in [0.29, 0.717) is 0 Å². The Kier molecular flexibility index (Phi) is 0.770. The monoisotopic (exact) mass is 172 g/mol. The van der Waals surface area contributed by atoms with E-state index < -0.39 is 16.2 Å². The van der Waals surface area contributed by atoms with Gasteiger partial charge >= 0.3 is 0 Å². The van der Waals surface area contributed by atoms with E-state index in [9.17, 15) is 13.2 Å². The first kappa shape index (κ1) is 5.15. The Hall–Kier alpha value is 0.01000. The van der Waals surface area contributed by atoms with Crippen molar-refractivity contribution in [1.82, 2.24) is 0 Å². The minimum Gasteiger partial charge on any atom is -0.215 e. The molecule has 0 aromatic heterocycles. The highest BCUT2D eigenvalue weighted by Gasteiger charge is 2.56. The molecule has 0 aromatic rings. The molecule has 0 bridgehead atoms. The molecule has 0 heterocycles. The summed E-state index contributed by atoms with van der Waals surface area (Å²) in [6, 6.07) is 0. The van der Waals surface area contributed by atoms with Crippen molar-refractivity contribution in [3.8, 4) is 0 Å². The lowest BCUT2D eigenvalue weighted by Crippen LogP contribution is -1.88. The van der Waals surface area contributed by atoms with Crippen molar-refractivity contribution in [3.63, 3.8) is 0 Å². The Balaban J connectivity index is 2.69. The summed E-state index contributed by atoms with van der Waals surface area (Å²) in [4.78, 5) is 0. The molecule has 0 unspecified atom stereocenters. The summed E-state index contributed by atoms with van der Waals surface area (Å²) in [5, 5.41) is 0. The van der Waals surface area contributed by atoms with Crippen LogP contribution in [0.25, 0.3) is 0 Å². The number of hydrogen-bond acceptors (Lipinski definition) is 0. The molecular weight excluding hydrogens is 173 g/mol. The zero-order chi connectivity index (χ0) is 5.65. The van der Waals surface area contributed by atoms with Gasteiger partial charge in [0, 0.05) is 0 Å². The van der Waals surface area contributed by atoms with Crippen LogP contribution in [0.1, 0.15) is 0 Å². The van der Waals surface area contributed by atoms with Gasteiger partial charge in [0.05, 0.1) is 0 Å². The third kappa shape index (κ3) is 0.492. The highest BCUT2D eigenvalue weighted by atomic mass is 79.9. The van der Waals surface area contributed by atoms with Gasteiger partial charge in [-0.15, -0.1) is 0 Å². The first-order valence-electron chi connectivity index (χ1n) is 1.51. The largest absolute Gasteiger partial charge is 0.272 e. The summed E-state index contributed by atoms with van der Waals surface area (Å²) in [5.41, 5.74) is 0. The maximum atomic E-state index is 11.7. The molecule has 1 aliphatic carbocycles. The van der Waals surface area contributed by atoms with Crippen LogP contribution >= 0.6 is 15.9 Å². The number of rotatable bonds is 0. The van der Waals surface area contributed by atoms with Gasteiger partial charge in [-0.1, -0.05) is 0 Å². The molecule has 40 valence electrons. The van der Waals surface area contributed by atoms with Crippen LogP contribution in [0.3, 0.4) is 0 Å². The molecule has 1 aliphatic rings. The van der Waals surface area contributed by atoms with Crippen molar-refractivity contribution < 1.29 is 13.2 Å². The molecule has 0 spiro atoms. The van der Waals surface area contributed by atoms with Gasteiger partial charge in [-0.3, -0.25) is 0 Å². The lowest BCUT2D eigenvalue weighted by Gasteiger charge is -1.84. The summed E-state index contributed by atoms with van der Waals surface area (Å²) >= 11 is 2.13. The predicted octanol–water partition coefficient (Wildman–Crippen LogP) is 2.21. The third-order valence-electron chi connectivity index (χ3n) is 0.682. The number of alkyl halides is 2. The van der Waals surface area contributed by atoms with Gasteiger partial charge in [0.1, 0.15) is 0 Å². The van der Waals surface area contributed by atoms with E-state index in [-0.39, 0.29) is 0 Å². The molecule has 1 rings (SSSR count). The molecular formula is C3BrF3. The van der Waals surface area contributed by atoms with Crippen LogP contribution in [0.15, 0.2) is 11.7 Å². The molecule has 0 aromatic carbocycles. The molecule has 0 saturated heterocycles. The van der Waals surface area contributed by atoms with Crippen molar-refractivity contribution in [2.24, 2.45) is 0 Å². The Bertz CT molecular complexity index is 123. The van der Waals surface area contributed by atoms with E-state index in [1.807, 2.05) is 0 Å².